The second-order valence-corrected chi connectivity index (χ2v) is 12.6. The Bertz CT molecular complexity index is 1780. The summed E-state index contributed by atoms with van der Waals surface area (Å²) in [6.07, 6.45) is 1.79. The second-order valence-electron chi connectivity index (χ2n) is 12.6. The third kappa shape index (κ3) is 5.18. The number of nitrogens with zero attached hydrogens (tertiary/aromatic N) is 3. The fourth-order valence-corrected chi connectivity index (χ4v) is 6.24. The maximum atomic E-state index is 5.13. The summed E-state index contributed by atoms with van der Waals surface area (Å²) in [5, 5.41) is 0. The Morgan fingerprint density at radius 3 is 1.79 bits per heavy atom. The quantitative estimate of drug-likeness (QED) is 0.169. The van der Waals surface area contributed by atoms with Gasteiger partial charge in [0, 0.05) is 32.0 Å². The number of rotatable bonds is 3. The van der Waals surface area contributed by atoms with Gasteiger partial charge in [0.05, 0.1) is 16.9 Å². The van der Waals surface area contributed by atoms with E-state index in [0.717, 1.165) is 39.4 Å². The van der Waals surface area contributed by atoms with E-state index in [1.54, 1.807) is 6.20 Å². The van der Waals surface area contributed by atoms with Crippen molar-refractivity contribution in [3.63, 3.8) is 0 Å². The fraction of sp³-hybridized carbons (Fsp3) is 0.231. The van der Waals surface area contributed by atoms with Gasteiger partial charge in [0.15, 0.2) is 0 Å². The second kappa shape index (κ2) is 11.7. The SMILES string of the molecule is CC1(C)c2cc3nc(-c4[c-]cccc4)n(-c4ccccc4)c3cc2C(C)(C)C1(C)C.[Ir].[c-]1ccccc1-c1ccccn1. The van der Waals surface area contributed by atoms with E-state index in [1.165, 1.54) is 11.1 Å². The van der Waals surface area contributed by atoms with Crippen molar-refractivity contribution in [1.82, 2.24) is 14.5 Å². The van der Waals surface area contributed by atoms with Gasteiger partial charge >= 0.3 is 0 Å². The van der Waals surface area contributed by atoms with Crippen LogP contribution in [0.2, 0.25) is 0 Å². The standard InChI is InChI=1S/C28H29N2.C11H8N.Ir/c1-26(2)21-17-23-24(18-22(21)27(3,4)28(26,5)6)30(20-15-11-8-12-16-20)25(29-23)19-13-9-7-10-14-19;1-2-6-10(7-3-1)11-8-4-5-9-12-11;/h7-13,15-18H,1-6H3;1-6,8-9H;/q2*-1;. The van der Waals surface area contributed by atoms with Gasteiger partial charge in [-0.25, -0.2) is 0 Å². The molecule has 4 aromatic carbocycles. The largest absolute Gasteiger partial charge is 0.333 e. The zero-order valence-electron chi connectivity index (χ0n) is 25.6. The summed E-state index contributed by atoms with van der Waals surface area (Å²) >= 11 is 0. The Hall–Kier alpha value is -3.85. The van der Waals surface area contributed by atoms with Crippen LogP contribution in [-0.2, 0) is 30.9 Å². The van der Waals surface area contributed by atoms with Gasteiger partial charge in [0.25, 0.3) is 0 Å². The number of aromatic nitrogens is 3. The van der Waals surface area contributed by atoms with Crippen LogP contribution in [0.4, 0.5) is 0 Å². The van der Waals surface area contributed by atoms with Crippen LogP contribution < -0.4 is 0 Å². The molecule has 0 bridgehead atoms. The summed E-state index contributed by atoms with van der Waals surface area (Å²) in [5.41, 5.74) is 9.47. The van der Waals surface area contributed by atoms with Crippen LogP contribution in [0.15, 0.2) is 115 Å². The van der Waals surface area contributed by atoms with E-state index in [2.05, 4.69) is 118 Å². The van der Waals surface area contributed by atoms with Crippen molar-refractivity contribution in [3.8, 4) is 28.3 Å². The molecule has 1 radical (unpaired) electrons. The number of fused-ring (bicyclic) bond motifs is 2. The van der Waals surface area contributed by atoms with Crippen LogP contribution in [0.1, 0.15) is 52.7 Å². The topological polar surface area (TPSA) is 30.7 Å². The molecule has 7 rings (SSSR count). The molecule has 2 heterocycles. The molecule has 219 valence electrons. The Morgan fingerprint density at radius 1 is 0.628 bits per heavy atom. The minimum absolute atomic E-state index is 0. The molecule has 1 aliphatic rings. The first kappa shape index (κ1) is 30.6. The Balaban J connectivity index is 0.000000238. The summed E-state index contributed by atoms with van der Waals surface area (Å²) < 4.78 is 2.29. The molecule has 3 nitrogen and oxygen atoms in total. The first-order chi connectivity index (χ1) is 20.1. The van der Waals surface area contributed by atoms with Crippen LogP contribution in [0.5, 0.6) is 0 Å². The Kier molecular flexibility index (Phi) is 8.31. The number of benzene rings is 4. The predicted molar refractivity (Wildman–Crippen MR) is 174 cm³/mol. The van der Waals surface area contributed by atoms with Crippen LogP contribution in [0.25, 0.3) is 39.4 Å². The average molecular weight is 740 g/mol. The van der Waals surface area contributed by atoms with Gasteiger partial charge in [-0.2, -0.15) is 0 Å². The molecule has 0 atom stereocenters. The van der Waals surface area contributed by atoms with E-state index in [1.807, 2.05) is 54.6 Å². The molecule has 6 aromatic rings. The van der Waals surface area contributed by atoms with Gasteiger partial charge in [-0.05, 0) is 63.4 Å². The van der Waals surface area contributed by atoms with Crippen LogP contribution in [-0.4, -0.2) is 14.5 Å². The molecule has 0 spiro atoms. The minimum Gasteiger partial charge on any atom is -0.333 e. The van der Waals surface area contributed by atoms with E-state index in [-0.39, 0.29) is 36.4 Å². The zero-order valence-corrected chi connectivity index (χ0v) is 28.0. The summed E-state index contributed by atoms with van der Waals surface area (Å²) in [4.78, 5) is 9.35. The minimum atomic E-state index is 0. The predicted octanol–water partition coefficient (Wildman–Crippen LogP) is 9.63. The number of hydrogen-bond acceptors (Lipinski definition) is 2. The van der Waals surface area contributed by atoms with Gasteiger partial charge in [-0.3, -0.25) is 4.98 Å². The van der Waals surface area contributed by atoms with Crippen molar-refractivity contribution in [1.29, 1.82) is 0 Å². The average Bonchev–Trinajstić information content (AvgIpc) is 3.45. The van der Waals surface area contributed by atoms with Gasteiger partial charge in [0.1, 0.15) is 0 Å². The van der Waals surface area contributed by atoms with Gasteiger partial charge in [-0.15, -0.1) is 71.8 Å². The summed E-state index contributed by atoms with van der Waals surface area (Å²) in [7, 11) is 0. The van der Waals surface area contributed by atoms with Gasteiger partial charge in [-0.1, -0.05) is 71.9 Å². The van der Waals surface area contributed by atoms with E-state index in [9.17, 15) is 0 Å². The molecule has 0 amide bonds. The third-order valence-corrected chi connectivity index (χ3v) is 9.88. The third-order valence-electron chi connectivity index (χ3n) is 9.88. The normalized spacial score (nSPS) is 15.6. The number of para-hydroxylation sites is 1. The molecule has 0 saturated heterocycles. The molecule has 0 aliphatic heterocycles. The van der Waals surface area contributed by atoms with Crippen molar-refractivity contribution in [2.45, 2.75) is 52.4 Å². The van der Waals surface area contributed by atoms with Crippen molar-refractivity contribution < 1.29 is 20.1 Å². The van der Waals surface area contributed by atoms with E-state index >= 15 is 0 Å². The molecule has 0 fully saturated rings. The van der Waals surface area contributed by atoms with Gasteiger partial charge < -0.3 is 9.55 Å². The smallest absolute Gasteiger partial charge is 0.0777 e. The summed E-state index contributed by atoms with van der Waals surface area (Å²) in [6.45, 7) is 14.4. The number of imidazole rings is 1. The molecule has 0 N–H and O–H groups in total. The van der Waals surface area contributed by atoms with E-state index in [0.29, 0.717) is 0 Å². The summed E-state index contributed by atoms with van der Waals surface area (Å²) in [5.74, 6) is 0.940. The molecule has 1 aliphatic carbocycles. The maximum absolute atomic E-state index is 5.13. The van der Waals surface area contributed by atoms with Gasteiger partial charge in [0.2, 0.25) is 0 Å². The molecule has 0 unspecified atom stereocenters. The van der Waals surface area contributed by atoms with Crippen molar-refractivity contribution in [2.24, 2.45) is 5.41 Å². The van der Waals surface area contributed by atoms with Crippen molar-refractivity contribution in [2.75, 3.05) is 0 Å². The number of hydrogen-bond donors (Lipinski definition) is 0. The molecule has 0 saturated carbocycles. The molecular formula is C39H37IrN3-2. The first-order valence-electron chi connectivity index (χ1n) is 14.6. The monoisotopic (exact) mass is 740 g/mol. The van der Waals surface area contributed by atoms with Crippen LogP contribution >= 0.6 is 0 Å². The Morgan fingerprint density at radius 2 is 1.21 bits per heavy atom. The molecule has 43 heavy (non-hydrogen) atoms. The maximum Gasteiger partial charge on any atom is 0.0777 e. The fourth-order valence-electron chi connectivity index (χ4n) is 6.24. The number of pyridine rings is 1. The zero-order chi connectivity index (χ0) is 29.5. The Labute approximate surface area is 269 Å². The molecular weight excluding hydrogens is 703 g/mol. The molecule has 2 aromatic heterocycles. The van der Waals surface area contributed by atoms with Crippen molar-refractivity contribution in [3.05, 3.63) is 139 Å². The summed E-state index contributed by atoms with van der Waals surface area (Å²) in [6, 6.07) is 43.6. The van der Waals surface area contributed by atoms with Crippen LogP contribution in [0.3, 0.4) is 0 Å². The molecule has 4 heteroatoms. The van der Waals surface area contributed by atoms with E-state index in [4.69, 9.17) is 4.98 Å². The first-order valence-corrected chi connectivity index (χ1v) is 14.6. The van der Waals surface area contributed by atoms with Crippen molar-refractivity contribution >= 4 is 11.0 Å². The van der Waals surface area contributed by atoms with Crippen LogP contribution in [0, 0.1) is 17.5 Å². The van der Waals surface area contributed by atoms with E-state index < -0.39 is 0 Å².